The van der Waals surface area contributed by atoms with Crippen LogP contribution in [0.3, 0.4) is 0 Å². The highest BCUT2D eigenvalue weighted by Gasteiger charge is 2.38. The van der Waals surface area contributed by atoms with Gasteiger partial charge < -0.3 is 15.4 Å². The van der Waals surface area contributed by atoms with E-state index in [-0.39, 0.29) is 5.54 Å². The third-order valence-electron chi connectivity index (χ3n) is 2.88. The first-order chi connectivity index (χ1) is 7.03. The number of hydrogen-bond donors (Lipinski definition) is 1. The zero-order valence-corrected chi connectivity index (χ0v) is 10.4. The van der Waals surface area contributed by atoms with Gasteiger partial charge in [0.05, 0.1) is 36.3 Å². The number of nitrogens with two attached hydrogens (primary N) is 1. The number of ether oxygens (including phenoxy) is 1. The Hall–Kier alpha value is -0.810. The summed E-state index contributed by atoms with van der Waals surface area (Å²) < 4.78 is 5.99. The largest absolute Gasteiger partial charge is 0.397 e. The molecule has 2 rings (SSSR count). The van der Waals surface area contributed by atoms with Crippen molar-refractivity contribution in [2.45, 2.75) is 12.5 Å². The van der Waals surface area contributed by atoms with Crippen molar-refractivity contribution in [2.24, 2.45) is 0 Å². The predicted octanol–water partition coefficient (Wildman–Crippen LogP) is 1.65. The summed E-state index contributed by atoms with van der Waals surface area (Å²) >= 11 is 3.29. The van der Waals surface area contributed by atoms with Crippen LogP contribution in [0.2, 0.25) is 0 Å². The van der Waals surface area contributed by atoms with E-state index in [0.29, 0.717) is 0 Å². The van der Waals surface area contributed by atoms with Gasteiger partial charge in [-0.2, -0.15) is 0 Å². The van der Waals surface area contributed by atoms with Crippen LogP contribution in [0.15, 0.2) is 16.9 Å². The Morgan fingerprint density at radius 3 is 2.73 bits per heavy atom. The maximum Gasteiger partial charge on any atom is 0.108 e. The van der Waals surface area contributed by atoms with Crippen LogP contribution in [0, 0.1) is 0 Å². The zero-order chi connectivity index (χ0) is 11.1. The normalized spacial score (nSPS) is 18.3. The van der Waals surface area contributed by atoms with E-state index in [9.17, 15) is 0 Å². The summed E-state index contributed by atoms with van der Waals surface area (Å²) in [5.74, 6) is 0. The summed E-state index contributed by atoms with van der Waals surface area (Å²) in [5, 5.41) is 0. The van der Waals surface area contributed by atoms with Crippen LogP contribution >= 0.6 is 15.9 Å². The van der Waals surface area contributed by atoms with Crippen LogP contribution in [0.4, 0.5) is 11.4 Å². The highest BCUT2D eigenvalue weighted by Crippen LogP contribution is 2.32. The number of nitrogen functional groups attached to an aromatic ring is 1. The van der Waals surface area contributed by atoms with Gasteiger partial charge in [-0.3, -0.25) is 0 Å². The third-order valence-corrected chi connectivity index (χ3v) is 3.31. The molecule has 5 heteroatoms. The fraction of sp³-hybridized carbons (Fsp3) is 0.500. The Morgan fingerprint density at radius 1 is 1.60 bits per heavy atom. The Bertz CT molecular complexity index is 379. The van der Waals surface area contributed by atoms with Gasteiger partial charge in [0, 0.05) is 7.05 Å². The van der Waals surface area contributed by atoms with Gasteiger partial charge in [-0.1, -0.05) is 0 Å². The number of rotatable bonds is 2. The topological polar surface area (TPSA) is 51.4 Å². The fourth-order valence-electron chi connectivity index (χ4n) is 1.60. The van der Waals surface area contributed by atoms with E-state index in [1.165, 1.54) is 0 Å². The van der Waals surface area contributed by atoms with Crippen molar-refractivity contribution in [2.75, 3.05) is 30.9 Å². The summed E-state index contributed by atoms with van der Waals surface area (Å²) in [6.07, 6.45) is 1.78. The Labute approximate surface area is 97.6 Å². The molecular weight excluding hydrogens is 258 g/mol. The van der Waals surface area contributed by atoms with Gasteiger partial charge in [-0.15, -0.1) is 0 Å². The number of pyridine rings is 1. The average Bonchev–Trinajstić information content (AvgIpc) is 2.13. The Morgan fingerprint density at radius 2 is 2.27 bits per heavy atom. The second kappa shape index (κ2) is 3.64. The minimum atomic E-state index is 0.0453. The van der Waals surface area contributed by atoms with Crippen molar-refractivity contribution in [3.05, 3.63) is 16.9 Å². The summed E-state index contributed by atoms with van der Waals surface area (Å²) in [4.78, 5) is 6.32. The van der Waals surface area contributed by atoms with E-state index >= 15 is 0 Å². The van der Waals surface area contributed by atoms with Crippen molar-refractivity contribution in [1.82, 2.24) is 4.98 Å². The van der Waals surface area contributed by atoms with Crippen LogP contribution in [0.25, 0.3) is 0 Å². The second-order valence-electron chi connectivity index (χ2n) is 4.11. The molecule has 2 heterocycles. The molecule has 0 radical (unpaired) electrons. The molecule has 82 valence electrons. The van der Waals surface area contributed by atoms with Crippen molar-refractivity contribution in [3.8, 4) is 0 Å². The smallest absolute Gasteiger partial charge is 0.108 e. The van der Waals surface area contributed by atoms with Gasteiger partial charge in [0.2, 0.25) is 0 Å². The number of nitrogens with zero attached hydrogens (tertiary/aromatic N) is 2. The standard InChI is InChI=1S/C10H14BrN3O/c1-10(5-15-6-10)14(2)8-4-13-9(11)3-7(8)12/h3-4H,5-6H2,1-2H3,(H2,12,13). The minimum absolute atomic E-state index is 0.0453. The van der Waals surface area contributed by atoms with E-state index in [1.807, 2.05) is 13.1 Å². The minimum Gasteiger partial charge on any atom is -0.397 e. The summed E-state index contributed by atoms with van der Waals surface area (Å²) in [6.45, 7) is 3.62. The highest BCUT2D eigenvalue weighted by molar-refractivity contribution is 9.10. The lowest BCUT2D eigenvalue weighted by Gasteiger charge is -2.46. The lowest BCUT2D eigenvalue weighted by molar-refractivity contribution is -0.0454. The molecule has 15 heavy (non-hydrogen) atoms. The number of hydrogen-bond acceptors (Lipinski definition) is 4. The van der Waals surface area contributed by atoms with Gasteiger partial charge in [-0.05, 0) is 28.9 Å². The fourth-order valence-corrected chi connectivity index (χ4v) is 1.95. The van der Waals surface area contributed by atoms with Gasteiger partial charge in [-0.25, -0.2) is 4.98 Å². The van der Waals surface area contributed by atoms with E-state index < -0.39 is 0 Å². The molecule has 1 aliphatic heterocycles. The molecule has 2 N–H and O–H groups in total. The van der Waals surface area contributed by atoms with Crippen molar-refractivity contribution in [1.29, 1.82) is 0 Å². The first kappa shape index (κ1) is 10.7. The molecule has 0 aromatic carbocycles. The summed E-state index contributed by atoms with van der Waals surface area (Å²) in [6, 6.07) is 1.81. The number of aromatic nitrogens is 1. The molecule has 0 unspecified atom stereocenters. The second-order valence-corrected chi connectivity index (χ2v) is 4.93. The molecule has 1 saturated heterocycles. The van der Waals surface area contributed by atoms with Crippen molar-refractivity contribution >= 4 is 27.3 Å². The van der Waals surface area contributed by atoms with Crippen LogP contribution in [-0.2, 0) is 4.74 Å². The lowest BCUT2D eigenvalue weighted by Crippen LogP contribution is -2.59. The molecule has 0 aliphatic carbocycles. The molecular formula is C10H14BrN3O. The molecule has 0 saturated carbocycles. The quantitative estimate of drug-likeness (QED) is 0.832. The number of anilines is 2. The van der Waals surface area contributed by atoms with E-state index in [4.69, 9.17) is 10.5 Å². The highest BCUT2D eigenvalue weighted by atomic mass is 79.9. The summed E-state index contributed by atoms with van der Waals surface area (Å²) in [7, 11) is 2.02. The van der Waals surface area contributed by atoms with Gasteiger partial charge in [0.1, 0.15) is 4.60 Å². The van der Waals surface area contributed by atoms with Crippen molar-refractivity contribution < 1.29 is 4.74 Å². The molecule has 4 nitrogen and oxygen atoms in total. The Kier molecular flexibility index (Phi) is 2.60. The van der Waals surface area contributed by atoms with Crippen molar-refractivity contribution in [3.63, 3.8) is 0 Å². The van der Waals surface area contributed by atoms with Gasteiger partial charge in [0.15, 0.2) is 0 Å². The lowest BCUT2D eigenvalue weighted by atomic mass is 9.98. The first-order valence-corrected chi connectivity index (χ1v) is 5.55. The molecule has 0 atom stereocenters. The maximum absolute atomic E-state index is 5.95. The first-order valence-electron chi connectivity index (χ1n) is 4.75. The number of halogens is 1. The van der Waals surface area contributed by atoms with Crippen LogP contribution < -0.4 is 10.6 Å². The monoisotopic (exact) mass is 271 g/mol. The predicted molar refractivity (Wildman–Crippen MR) is 64.0 cm³/mol. The molecule has 1 aromatic rings. The zero-order valence-electron chi connectivity index (χ0n) is 8.83. The van der Waals surface area contributed by atoms with Crippen LogP contribution in [-0.4, -0.2) is 30.8 Å². The SMILES string of the molecule is CN(c1cnc(Br)cc1N)C1(C)COC1. The average molecular weight is 272 g/mol. The van der Waals surface area contributed by atoms with Crippen LogP contribution in [0.5, 0.6) is 0 Å². The Balaban J connectivity index is 2.29. The number of likely N-dealkylation sites (N-methyl/N-ethyl adjacent to an activating group) is 1. The van der Waals surface area contributed by atoms with Gasteiger partial charge >= 0.3 is 0 Å². The summed E-state index contributed by atoms with van der Waals surface area (Å²) in [5.41, 5.74) is 7.67. The maximum atomic E-state index is 5.95. The third kappa shape index (κ3) is 1.81. The van der Waals surface area contributed by atoms with E-state index in [2.05, 4.69) is 32.7 Å². The van der Waals surface area contributed by atoms with E-state index in [1.54, 1.807) is 6.20 Å². The van der Waals surface area contributed by atoms with Gasteiger partial charge in [0.25, 0.3) is 0 Å². The van der Waals surface area contributed by atoms with Crippen LogP contribution in [0.1, 0.15) is 6.92 Å². The van der Waals surface area contributed by atoms with E-state index in [0.717, 1.165) is 29.2 Å². The molecule has 1 aromatic heterocycles. The molecule has 1 fully saturated rings. The molecule has 1 aliphatic rings. The molecule has 0 spiro atoms. The molecule has 0 bridgehead atoms. The molecule has 0 amide bonds.